The lowest BCUT2D eigenvalue weighted by molar-refractivity contribution is 0.0706. The van der Waals surface area contributed by atoms with Crippen LogP contribution in [0, 0.1) is 0 Å². The quantitative estimate of drug-likeness (QED) is 0.311. The Labute approximate surface area is 193 Å². The maximum Gasteiger partial charge on any atom is 0.289 e. The number of ether oxygens (including phenoxy) is 2. The van der Waals surface area contributed by atoms with E-state index in [0.29, 0.717) is 25.3 Å². The molecule has 0 radical (unpaired) electrons. The van der Waals surface area contributed by atoms with E-state index in [1.807, 2.05) is 60.7 Å². The molecule has 4 aromatic rings. The molecule has 0 aliphatic heterocycles. The average molecular weight is 446 g/mol. The van der Waals surface area contributed by atoms with E-state index in [0.717, 1.165) is 28.4 Å². The van der Waals surface area contributed by atoms with Crippen LogP contribution in [0.4, 0.5) is 0 Å². The smallest absolute Gasteiger partial charge is 0.289 e. The van der Waals surface area contributed by atoms with Crippen molar-refractivity contribution in [2.45, 2.75) is 18.9 Å². The fraction of sp³-hybridized carbons (Fsp3) is 0.222. The largest absolute Gasteiger partial charge is 0.497 e. The predicted molar refractivity (Wildman–Crippen MR) is 125 cm³/mol. The summed E-state index contributed by atoms with van der Waals surface area (Å²) in [4.78, 5) is 15.0. The lowest BCUT2D eigenvalue weighted by Gasteiger charge is -2.25. The average Bonchev–Trinajstić information content (AvgIpc) is 3.59. The number of nitrogens with zero attached hydrogens (tertiary/aromatic N) is 1. The Bertz CT molecular complexity index is 1130. The Morgan fingerprint density at radius 2 is 1.64 bits per heavy atom. The Morgan fingerprint density at radius 1 is 0.879 bits per heavy atom. The second-order valence-electron chi connectivity index (χ2n) is 7.65. The summed E-state index contributed by atoms with van der Waals surface area (Å²) in [6.07, 6.45) is 3.83. The van der Waals surface area contributed by atoms with Crippen molar-refractivity contribution in [1.82, 2.24) is 4.90 Å². The molecule has 2 aromatic heterocycles. The first-order valence-corrected chi connectivity index (χ1v) is 10.8. The van der Waals surface area contributed by atoms with Crippen molar-refractivity contribution in [3.8, 4) is 11.5 Å². The first-order chi connectivity index (χ1) is 16.2. The molecule has 0 aliphatic carbocycles. The van der Waals surface area contributed by atoms with Gasteiger partial charge in [0.25, 0.3) is 5.91 Å². The fourth-order valence-electron chi connectivity index (χ4n) is 3.94. The van der Waals surface area contributed by atoms with Crippen molar-refractivity contribution in [2.75, 3.05) is 20.8 Å². The molecule has 0 N–H and O–H groups in total. The Kier molecular flexibility index (Phi) is 7.15. The molecule has 4 rings (SSSR count). The summed E-state index contributed by atoms with van der Waals surface area (Å²) in [5.41, 5.74) is 2.02. The molecule has 1 atom stereocenters. The van der Waals surface area contributed by atoms with Crippen molar-refractivity contribution in [3.63, 3.8) is 0 Å². The molecule has 33 heavy (non-hydrogen) atoms. The minimum atomic E-state index is -0.158. The summed E-state index contributed by atoms with van der Waals surface area (Å²) >= 11 is 0. The van der Waals surface area contributed by atoms with Gasteiger partial charge in [-0.1, -0.05) is 30.3 Å². The van der Waals surface area contributed by atoms with Gasteiger partial charge in [-0.2, -0.15) is 0 Å². The zero-order chi connectivity index (χ0) is 23.0. The Hall–Kier alpha value is -3.93. The van der Waals surface area contributed by atoms with Gasteiger partial charge in [0, 0.05) is 24.6 Å². The number of furan rings is 2. The first-order valence-electron chi connectivity index (χ1n) is 10.8. The van der Waals surface area contributed by atoms with E-state index in [1.54, 1.807) is 37.5 Å². The van der Waals surface area contributed by atoms with Gasteiger partial charge in [-0.15, -0.1) is 0 Å². The third-order valence-corrected chi connectivity index (χ3v) is 5.64. The Morgan fingerprint density at radius 3 is 2.30 bits per heavy atom. The summed E-state index contributed by atoms with van der Waals surface area (Å²) in [5.74, 6) is 2.48. The van der Waals surface area contributed by atoms with Crippen molar-refractivity contribution >= 4 is 5.91 Å². The van der Waals surface area contributed by atoms with Crippen LogP contribution in [0.1, 0.15) is 39.8 Å². The highest BCUT2D eigenvalue weighted by molar-refractivity contribution is 5.91. The molecule has 0 saturated carbocycles. The molecular weight excluding hydrogens is 418 g/mol. The maximum absolute atomic E-state index is 13.3. The van der Waals surface area contributed by atoms with Gasteiger partial charge in [0.15, 0.2) is 5.76 Å². The van der Waals surface area contributed by atoms with E-state index in [1.165, 1.54) is 6.26 Å². The first kappa shape index (κ1) is 22.3. The van der Waals surface area contributed by atoms with Gasteiger partial charge in [0.2, 0.25) is 0 Å². The van der Waals surface area contributed by atoms with Crippen molar-refractivity contribution in [2.24, 2.45) is 0 Å². The van der Waals surface area contributed by atoms with Crippen LogP contribution in [0.2, 0.25) is 0 Å². The zero-order valence-electron chi connectivity index (χ0n) is 18.8. The van der Waals surface area contributed by atoms with Crippen LogP contribution < -0.4 is 9.47 Å². The molecule has 1 amide bonds. The number of amides is 1. The van der Waals surface area contributed by atoms with Gasteiger partial charge in [0.1, 0.15) is 17.3 Å². The molecule has 170 valence electrons. The summed E-state index contributed by atoms with van der Waals surface area (Å²) in [5, 5.41) is 0. The molecule has 0 saturated heterocycles. The molecule has 1 unspecified atom stereocenters. The van der Waals surface area contributed by atoms with E-state index in [4.69, 9.17) is 18.3 Å². The van der Waals surface area contributed by atoms with E-state index < -0.39 is 0 Å². The number of hydrogen-bond acceptors (Lipinski definition) is 5. The number of methoxy groups -OCH3 is 2. The van der Waals surface area contributed by atoms with Gasteiger partial charge in [0.05, 0.1) is 26.7 Å². The normalized spacial score (nSPS) is 11.7. The fourth-order valence-corrected chi connectivity index (χ4v) is 3.94. The van der Waals surface area contributed by atoms with Crippen LogP contribution in [-0.4, -0.2) is 31.6 Å². The molecule has 0 bridgehead atoms. The molecule has 6 heteroatoms. The van der Waals surface area contributed by atoms with Crippen molar-refractivity contribution in [1.29, 1.82) is 0 Å². The highest BCUT2D eigenvalue weighted by Crippen LogP contribution is 2.35. The van der Waals surface area contributed by atoms with Crippen LogP contribution in [0.25, 0.3) is 0 Å². The molecular formula is C27H27NO5. The molecule has 2 heterocycles. The molecule has 0 spiro atoms. The minimum Gasteiger partial charge on any atom is -0.497 e. The monoisotopic (exact) mass is 445 g/mol. The zero-order valence-corrected chi connectivity index (χ0v) is 18.8. The summed E-state index contributed by atoms with van der Waals surface area (Å²) in [6, 6.07) is 22.9. The number of hydrogen-bond donors (Lipinski definition) is 0. The highest BCUT2D eigenvalue weighted by atomic mass is 16.5. The second-order valence-corrected chi connectivity index (χ2v) is 7.65. The second kappa shape index (κ2) is 10.6. The van der Waals surface area contributed by atoms with Gasteiger partial charge >= 0.3 is 0 Å². The maximum atomic E-state index is 13.3. The van der Waals surface area contributed by atoms with E-state index in [9.17, 15) is 4.79 Å². The number of carbonyl (C=O) groups is 1. The summed E-state index contributed by atoms with van der Waals surface area (Å²) < 4.78 is 22.0. The number of rotatable bonds is 10. The van der Waals surface area contributed by atoms with E-state index >= 15 is 0 Å². The van der Waals surface area contributed by atoms with Gasteiger partial charge in [-0.3, -0.25) is 4.79 Å². The topological polar surface area (TPSA) is 65.1 Å². The van der Waals surface area contributed by atoms with E-state index in [2.05, 4.69) is 0 Å². The van der Waals surface area contributed by atoms with Crippen LogP contribution in [0.5, 0.6) is 11.5 Å². The lowest BCUT2D eigenvalue weighted by atomic mass is 9.92. The SMILES string of the molecule is COc1ccc(CN(CCC(c2ccco2)c2ccccc2OC)C(=O)c2ccco2)cc1. The Balaban J connectivity index is 1.60. The van der Waals surface area contributed by atoms with Crippen LogP contribution in [-0.2, 0) is 6.54 Å². The highest BCUT2D eigenvalue weighted by Gasteiger charge is 2.25. The number of para-hydroxylation sites is 1. The molecule has 0 aliphatic rings. The predicted octanol–water partition coefficient (Wildman–Crippen LogP) is 5.75. The van der Waals surface area contributed by atoms with Crippen molar-refractivity contribution < 1.29 is 23.1 Å². The minimum absolute atomic E-state index is 0.0704. The van der Waals surface area contributed by atoms with Crippen LogP contribution >= 0.6 is 0 Å². The number of benzene rings is 2. The third kappa shape index (κ3) is 5.29. The van der Waals surface area contributed by atoms with Gasteiger partial charge in [-0.25, -0.2) is 0 Å². The molecule has 0 fully saturated rings. The van der Waals surface area contributed by atoms with E-state index in [-0.39, 0.29) is 11.8 Å². The standard InChI is InChI=1S/C27H27NO5/c1-30-21-13-11-20(12-14-21)19-28(27(29)26-10-6-18-33-26)16-15-23(25-9-5-17-32-25)22-7-3-4-8-24(22)31-2/h3-14,17-18,23H,15-16,19H2,1-2H3. The summed E-state index contributed by atoms with van der Waals surface area (Å²) in [7, 11) is 3.29. The molecule has 6 nitrogen and oxygen atoms in total. The van der Waals surface area contributed by atoms with Crippen LogP contribution in [0.3, 0.4) is 0 Å². The molecule has 2 aromatic carbocycles. The third-order valence-electron chi connectivity index (χ3n) is 5.64. The van der Waals surface area contributed by atoms with Crippen molar-refractivity contribution in [3.05, 3.63) is 108 Å². The lowest BCUT2D eigenvalue weighted by Crippen LogP contribution is -2.32. The van der Waals surface area contributed by atoms with Crippen LogP contribution in [0.15, 0.2) is 94.2 Å². The van der Waals surface area contributed by atoms with Gasteiger partial charge < -0.3 is 23.2 Å². The van der Waals surface area contributed by atoms with Gasteiger partial charge in [-0.05, 0) is 54.4 Å². The summed E-state index contributed by atoms with van der Waals surface area (Å²) in [6.45, 7) is 0.940. The number of carbonyl (C=O) groups excluding carboxylic acids is 1.